The van der Waals surface area contributed by atoms with E-state index in [9.17, 15) is 0 Å². The van der Waals surface area contributed by atoms with Crippen molar-refractivity contribution < 1.29 is 9.47 Å². The molecular formula is C24H20Cl2N2O2. The van der Waals surface area contributed by atoms with Crippen molar-refractivity contribution in [2.24, 2.45) is 5.10 Å². The number of hydrogen-bond donors (Lipinski definition) is 0. The molecule has 2 atom stereocenters. The van der Waals surface area contributed by atoms with Gasteiger partial charge >= 0.3 is 0 Å². The molecule has 0 radical (unpaired) electrons. The van der Waals surface area contributed by atoms with E-state index in [1.807, 2.05) is 35.3 Å². The van der Waals surface area contributed by atoms with Gasteiger partial charge < -0.3 is 9.47 Å². The molecule has 6 heteroatoms. The molecule has 0 saturated heterocycles. The molecule has 4 nitrogen and oxygen atoms in total. The number of hydrogen-bond acceptors (Lipinski definition) is 4. The minimum atomic E-state index is -0.363. The van der Waals surface area contributed by atoms with Crippen molar-refractivity contribution in [3.63, 3.8) is 0 Å². The highest BCUT2D eigenvalue weighted by Gasteiger charge is 2.42. The summed E-state index contributed by atoms with van der Waals surface area (Å²) in [5, 5.41) is 8.11. The van der Waals surface area contributed by atoms with E-state index in [2.05, 4.69) is 31.2 Å². The van der Waals surface area contributed by atoms with Crippen molar-refractivity contribution in [1.29, 1.82) is 0 Å². The number of ether oxygens (including phenoxy) is 2. The predicted molar refractivity (Wildman–Crippen MR) is 120 cm³/mol. The largest absolute Gasteiger partial charge is 0.497 e. The lowest BCUT2D eigenvalue weighted by atomic mass is 9.95. The third-order valence-electron chi connectivity index (χ3n) is 5.59. The number of halogens is 2. The molecule has 5 rings (SSSR count). The molecule has 0 spiro atoms. The number of rotatable bonds is 3. The van der Waals surface area contributed by atoms with Gasteiger partial charge in [-0.25, -0.2) is 5.01 Å². The smallest absolute Gasteiger partial charge is 0.213 e. The van der Waals surface area contributed by atoms with E-state index in [1.54, 1.807) is 13.2 Å². The molecule has 0 aromatic heterocycles. The first-order chi connectivity index (χ1) is 14.5. The summed E-state index contributed by atoms with van der Waals surface area (Å²) in [6.45, 7) is 2.07. The minimum absolute atomic E-state index is 0.00615. The van der Waals surface area contributed by atoms with E-state index in [0.717, 1.165) is 34.6 Å². The number of hydrazone groups is 1. The van der Waals surface area contributed by atoms with Gasteiger partial charge in [-0.3, -0.25) is 0 Å². The van der Waals surface area contributed by atoms with Crippen LogP contribution >= 0.6 is 23.2 Å². The van der Waals surface area contributed by atoms with Crippen molar-refractivity contribution in [3.05, 3.63) is 93.0 Å². The van der Waals surface area contributed by atoms with Gasteiger partial charge in [-0.15, -0.1) is 0 Å². The summed E-state index contributed by atoms with van der Waals surface area (Å²) >= 11 is 12.8. The molecule has 2 heterocycles. The molecule has 30 heavy (non-hydrogen) atoms. The quantitative estimate of drug-likeness (QED) is 0.464. The fourth-order valence-electron chi connectivity index (χ4n) is 4.02. The molecule has 3 aromatic rings. The van der Waals surface area contributed by atoms with Gasteiger partial charge in [0.05, 0.1) is 23.9 Å². The van der Waals surface area contributed by atoms with Crippen molar-refractivity contribution in [2.45, 2.75) is 25.6 Å². The second-order valence-corrected chi connectivity index (χ2v) is 8.41. The van der Waals surface area contributed by atoms with E-state index < -0.39 is 0 Å². The SMILES string of the molecule is COc1ccc(C2=NN3C(C2)c2cc(Cl)cc(Cl)c2OC3c2ccc(C)cc2)cc1. The van der Waals surface area contributed by atoms with Gasteiger partial charge in [-0.1, -0.05) is 53.0 Å². The topological polar surface area (TPSA) is 34.1 Å². The summed E-state index contributed by atoms with van der Waals surface area (Å²) in [6, 6.07) is 19.9. The second kappa shape index (κ2) is 7.53. The summed E-state index contributed by atoms with van der Waals surface area (Å²) in [4.78, 5) is 0. The van der Waals surface area contributed by atoms with Crippen LogP contribution in [0.3, 0.4) is 0 Å². The Balaban J connectivity index is 1.60. The average Bonchev–Trinajstić information content (AvgIpc) is 3.20. The van der Waals surface area contributed by atoms with Crippen molar-refractivity contribution in [2.75, 3.05) is 7.11 Å². The van der Waals surface area contributed by atoms with Gasteiger partial charge in [0.2, 0.25) is 6.23 Å². The molecule has 0 N–H and O–H groups in total. The van der Waals surface area contributed by atoms with Crippen molar-refractivity contribution in [1.82, 2.24) is 5.01 Å². The van der Waals surface area contributed by atoms with Crippen LogP contribution in [-0.4, -0.2) is 17.8 Å². The maximum absolute atomic E-state index is 6.52. The van der Waals surface area contributed by atoms with E-state index in [-0.39, 0.29) is 12.3 Å². The zero-order valence-electron chi connectivity index (χ0n) is 16.6. The minimum Gasteiger partial charge on any atom is -0.497 e. The summed E-state index contributed by atoms with van der Waals surface area (Å²) in [6.07, 6.45) is 0.374. The number of nitrogens with zero attached hydrogens (tertiary/aromatic N) is 2. The first-order valence-corrected chi connectivity index (χ1v) is 10.5. The van der Waals surface area contributed by atoms with Crippen LogP contribution in [0.2, 0.25) is 10.0 Å². The van der Waals surface area contributed by atoms with Gasteiger partial charge in [0.15, 0.2) is 0 Å². The molecule has 0 saturated carbocycles. The van der Waals surface area contributed by atoms with Gasteiger partial charge in [0.25, 0.3) is 0 Å². The molecule has 2 aliphatic heterocycles. The summed E-state index contributed by atoms with van der Waals surface area (Å²) < 4.78 is 11.7. The number of methoxy groups -OCH3 is 1. The Bertz CT molecular complexity index is 1130. The molecule has 152 valence electrons. The van der Waals surface area contributed by atoms with Gasteiger partial charge in [-0.2, -0.15) is 5.10 Å². The molecule has 3 aromatic carbocycles. The van der Waals surface area contributed by atoms with Crippen molar-refractivity contribution >= 4 is 28.9 Å². The zero-order valence-corrected chi connectivity index (χ0v) is 18.1. The lowest BCUT2D eigenvalue weighted by Crippen LogP contribution is -2.33. The Labute approximate surface area is 185 Å². The summed E-state index contributed by atoms with van der Waals surface area (Å²) in [5.41, 5.74) is 5.24. The van der Waals surface area contributed by atoms with Crippen LogP contribution in [0.5, 0.6) is 11.5 Å². The molecule has 0 amide bonds. The fraction of sp³-hybridized carbons (Fsp3) is 0.208. The van der Waals surface area contributed by atoms with Gasteiger partial charge in [0, 0.05) is 22.6 Å². The highest BCUT2D eigenvalue weighted by molar-refractivity contribution is 6.35. The normalized spacial score (nSPS) is 19.6. The predicted octanol–water partition coefficient (Wildman–Crippen LogP) is 6.55. The van der Waals surface area contributed by atoms with Crippen LogP contribution in [0.1, 0.15) is 40.9 Å². The fourth-order valence-corrected chi connectivity index (χ4v) is 4.58. The van der Waals surface area contributed by atoms with Crippen molar-refractivity contribution in [3.8, 4) is 11.5 Å². The zero-order chi connectivity index (χ0) is 20.8. The van der Waals surface area contributed by atoms with E-state index in [0.29, 0.717) is 15.8 Å². The molecular weight excluding hydrogens is 419 g/mol. The van der Waals surface area contributed by atoms with E-state index >= 15 is 0 Å². The van der Waals surface area contributed by atoms with Crippen LogP contribution < -0.4 is 9.47 Å². The molecule has 0 bridgehead atoms. The van der Waals surface area contributed by atoms with E-state index in [1.165, 1.54) is 5.56 Å². The Kier molecular flexibility index (Phi) is 4.84. The highest BCUT2D eigenvalue weighted by Crippen LogP contribution is 2.50. The van der Waals surface area contributed by atoms with Crippen LogP contribution in [0, 0.1) is 6.92 Å². The third-order valence-corrected chi connectivity index (χ3v) is 6.09. The molecule has 0 aliphatic carbocycles. The second-order valence-electron chi connectivity index (χ2n) is 7.56. The maximum atomic E-state index is 6.52. The van der Waals surface area contributed by atoms with E-state index in [4.69, 9.17) is 37.8 Å². The Hall–Kier alpha value is -2.69. The van der Waals surface area contributed by atoms with Crippen LogP contribution in [0.25, 0.3) is 0 Å². The first kappa shape index (κ1) is 19.3. The Morgan fingerprint density at radius 1 is 1.03 bits per heavy atom. The highest BCUT2D eigenvalue weighted by atomic mass is 35.5. The molecule has 2 aliphatic rings. The van der Waals surface area contributed by atoms with Gasteiger partial charge in [-0.05, 0) is 48.9 Å². The lowest BCUT2D eigenvalue weighted by Gasteiger charge is -2.38. The maximum Gasteiger partial charge on any atom is 0.213 e. The van der Waals surface area contributed by atoms with Crippen LogP contribution in [0.4, 0.5) is 0 Å². The molecule has 0 fully saturated rings. The Morgan fingerprint density at radius 3 is 2.47 bits per heavy atom. The van der Waals surface area contributed by atoms with Crippen LogP contribution in [-0.2, 0) is 0 Å². The average molecular weight is 439 g/mol. The monoisotopic (exact) mass is 438 g/mol. The standard InChI is InChI=1S/C24H20Cl2N2O2/c1-14-3-5-16(6-4-14)24-28-22(19-11-17(25)12-20(26)23(19)30-24)13-21(27-28)15-7-9-18(29-2)10-8-15/h3-12,22,24H,13H2,1-2H3. The number of fused-ring (bicyclic) bond motifs is 3. The summed E-state index contributed by atoms with van der Waals surface area (Å²) in [7, 11) is 1.66. The summed E-state index contributed by atoms with van der Waals surface area (Å²) in [5.74, 6) is 1.50. The van der Waals surface area contributed by atoms with Crippen LogP contribution in [0.15, 0.2) is 65.8 Å². The first-order valence-electron chi connectivity index (χ1n) is 9.76. The molecule has 2 unspecified atom stereocenters. The third kappa shape index (κ3) is 3.30. The number of aryl methyl sites for hydroxylation is 1. The lowest BCUT2D eigenvalue weighted by molar-refractivity contribution is -0.0189. The van der Waals surface area contributed by atoms with Gasteiger partial charge in [0.1, 0.15) is 11.5 Å². The Morgan fingerprint density at radius 2 is 1.77 bits per heavy atom. The number of benzene rings is 3.